The van der Waals surface area contributed by atoms with Gasteiger partial charge in [0, 0.05) is 5.56 Å². The van der Waals surface area contributed by atoms with Gasteiger partial charge in [-0.2, -0.15) is 10.2 Å². The van der Waals surface area contributed by atoms with E-state index in [4.69, 9.17) is 0 Å². The van der Waals surface area contributed by atoms with Gasteiger partial charge in [-0.15, -0.1) is 13.2 Å². The molecule has 3 nitrogen and oxygen atoms in total. The first-order chi connectivity index (χ1) is 8.87. The van der Waals surface area contributed by atoms with Crippen LogP contribution in [0.3, 0.4) is 0 Å². The highest BCUT2D eigenvalue weighted by molar-refractivity contribution is 5.64. The standard InChI is InChI=1S/C13H11F3N2O/c1-8-7-17-18-12(9(8)2)10-3-5-11(6-4-10)19-13(14,15)16/h3-7H,1-2H3. The second-order valence-electron chi connectivity index (χ2n) is 4.07. The third kappa shape index (κ3) is 3.21. The van der Waals surface area contributed by atoms with Crippen LogP contribution < -0.4 is 4.74 Å². The summed E-state index contributed by atoms with van der Waals surface area (Å²) in [6, 6.07) is 5.56. The zero-order valence-corrected chi connectivity index (χ0v) is 10.3. The first-order valence-electron chi connectivity index (χ1n) is 5.52. The molecule has 19 heavy (non-hydrogen) atoms. The van der Waals surface area contributed by atoms with Gasteiger partial charge in [-0.3, -0.25) is 0 Å². The normalized spacial score (nSPS) is 11.4. The van der Waals surface area contributed by atoms with Gasteiger partial charge < -0.3 is 4.74 Å². The molecule has 0 saturated heterocycles. The third-order valence-electron chi connectivity index (χ3n) is 2.72. The molecule has 0 aliphatic rings. The van der Waals surface area contributed by atoms with Crippen LogP contribution in [-0.2, 0) is 0 Å². The molecule has 0 bridgehead atoms. The van der Waals surface area contributed by atoms with E-state index >= 15 is 0 Å². The fraction of sp³-hybridized carbons (Fsp3) is 0.231. The van der Waals surface area contributed by atoms with Crippen LogP contribution in [-0.4, -0.2) is 16.6 Å². The average molecular weight is 268 g/mol. The van der Waals surface area contributed by atoms with E-state index in [0.717, 1.165) is 11.1 Å². The van der Waals surface area contributed by atoms with Gasteiger partial charge in [0.25, 0.3) is 0 Å². The van der Waals surface area contributed by atoms with Crippen LogP contribution in [0.4, 0.5) is 13.2 Å². The van der Waals surface area contributed by atoms with Crippen LogP contribution in [0.15, 0.2) is 30.5 Å². The number of hydrogen-bond donors (Lipinski definition) is 0. The van der Waals surface area contributed by atoms with Crippen molar-refractivity contribution >= 4 is 0 Å². The molecule has 2 rings (SSSR count). The maximum atomic E-state index is 12.0. The van der Waals surface area contributed by atoms with Crippen molar-refractivity contribution in [3.63, 3.8) is 0 Å². The van der Waals surface area contributed by atoms with Crippen LogP contribution in [0.25, 0.3) is 11.3 Å². The molecule has 1 aromatic carbocycles. The Morgan fingerprint density at radius 1 is 1.05 bits per heavy atom. The summed E-state index contributed by atoms with van der Waals surface area (Å²) >= 11 is 0. The first-order valence-corrected chi connectivity index (χ1v) is 5.52. The summed E-state index contributed by atoms with van der Waals surface area (Å²) in [7, 11) is 0. The summed E-state index contributed by atoms with van der Waals surface area (Å²) in [5.41, 5.74) is 3.27. The Morgan fingerprint density at radius 3 is 2.26 bits per heavy atom. The van der Waals surface area contributed by atoms with E-state index in [0.29, 0.717) is 11.3 Å². The minimum Gasteiger partial charge on any atom is -0.406 e. The van der Waals surface area contributed by atoms with Gasteiger partial charge in [-0.05, 0) is 49.2 Å². The molecule has 0 atom stereocenters. The van der Waals surface area contributed by atoms with Gasteiger partial charge in [0.05, 0.1) is 11.9 Å². The Balaban J connectivity index is 2.30. The molecule has 0 N–H and O–H groups in total. The molecule has 0 spiro atoms. The van der Waals surface area contributed by atoms with E-state index in [1.165, 1.54) is 24.3 Å². The number of benzene rings is 1. The number of hydrogen-bond acceptors (Lipinski definition) is 3. The van der Waals surface area contributed by atoms with Crippen molar-refractivity contribution in [1.29, 1.82) is 0 Å². The second-order valence-corrected chi connectivity index (χ2v) is 4.07. The minimum atomic E-state index is -4.68. The Bertz CT molecular complexity index is 579. The molecule has 6 heteroatoms. The van der Waals surface area contributed by atoms with Gasteiger partial charge in [-0.1, -0.05) is 0 Å². The van der Waals surface area contributed by atoms with Crippen molar-refractivity contribution in [2.75, 3.05) is 0 Å². The zero-order valence-electron chi connectivity index (χ0n) is 10.3. The maximum absolute atomic E-state index is 12.0. The second kappa shape index (κ2) is 4.87. The fourth-order valence-corrected chi connectivity index (χ4v) is 1.62. The van der Waals surface area contributed by atoms with Crippen molar-refractivity contribution in [1.82, 2.24) is 10.2 Å². The number of alkyl halides is 3. The molecular weight excluding hydrogens is 257 g/mol. The molecule has 0 saturated carbocycles. The predicted octanol–water partition coefficient (Wildman–Crippen LogP) is 3.66. The summed E-state index contributed by atoms with van der Waals surface area (Å²) in [5, 5.41) is 7.84. The topological polar surface area (TPSA) is 35.0 Å². The van der Waals surface area contributed by atoms with Gasteiger partial charge in [0.1, 0.15) is 5.75 Å². The van der Waals surface area contributed by atoms with Crippen molar-refractivity contribution < 1.29 is 17.9 Å². The highest BCUT2D eigenvalue weighted by Gasteiger charge is 2.30. The molecule has 0 radical (unpaired) electrons. The number of nitrogens with zero attached hydrogens (tertiary/aromatic N) is 2. The lowest BCUT2D eigenvalue weighted by Gasteiger charge is -2.10. The van der Waals surface area contributed by atoms with Crippen LogP contribution in [0.2, 0.25) is 0 Å². The van der Waals surface area contributed by atoms with E-state index in [-0.39, 0.29) is 5.75 Å². The van der Waals surface area contributed by atoms with Crippen LogP contribution in [0.5, 0.6) is 5.75 Å². The SMILES string of the molecule is Cc1cnnc(-c2ccc(OC(F)(F)F)cc2)c1C. The Morgan fingerprint density at radius 2 is 1.68 bits per heavy atom. The number of aromatic nitrogens is 2. The monoisotopic (exact) mass is 268 g/mol. The Kier molecular flexibility index (Phi) is 3.42. The average Bonchev–Trinajstić information content (AvgIpc) is 2.32. The van der Waals surface area contributed by atoms with E-state index < -0.39 is 6.36 Å². The summed E-state index contributed by atoms with van der Waals surface area (Å²) in [6.45, 7) is 3.79. The largest absolute Gasteiger partial charge is 0.573 e. The van der Waals surface area contributed by atoms with Crippen molar-refractivity contribution in [2.24, 2.45) is 0 Å². The zero-order chi connectivity index (χ0) is 14.0. The van der Waals surface area contributed by atoms with Crippen molar-refractivity contribution in [2.45, 2.75) is 20.2 Å². The lowest BCUT2D eigenvalue weighted by Crippen LogP contribution is -2.16. The van der Waals surface area contributed by atoms with Crippen molar-refractivity contribution in [3.05, 3.63) is 41.6 Å². The maximum Gasteiger partial charge on any atom is 0.573 e. The predicted molar refractivity (Wildman–Crippen MR) is 63.6 cm³/mol. The van der Waals surface area contributed by atoms with Crippen LogP contribution in [0, 0.1) is 13.8 Å². The van der Waals surface area contributed by atoms with Gasteiger partial charge in [0.2, 0.25) is 0 Å². The molecular formula is C13H11F3N2O. The molecule has 0 unspecified atom stereocenters. The molecule has 100 valence electrons. The van der Waals surface area contributed by atoms with Gasteiger partial charge in [0.15, 0.2) is 0 Å². The van der Waals surface area contributed by atoms with Gasteiger partial charge in [-0.25, -0.2) is 0 Å². The van der Waals surface area contributed by atoms with E-state index in [1.54, 1.807) is 6.20 Å². The Hall–Kier alpha value is -2.11. The van der Waals surface area contributed by atoms with E-state index in [2.05, 4.69) is 14.9 Å². The minimum absolute atomic E-state index is 0.255. The molecule has 2 aromatic rings. The van der Waals surface area contributed by atoms with E-state index in [9.17, 15) is 13.2 Å². The molecule has 1 heterocycles. The van der Waals surface area contributed by atoms with Crippen molar-refractivity contribution in [3.8, 4) is 17.0 Å². The quantitative estimate of drug-likeness (QED) is 0.833. The molecule has 0 aliphatic heterocycles. The molecule has 0 aliphatic carbocycles. The lowest BCUT2D eigenvalue weighted by molar-refractivity contribution is -0.274. The molecule has 0 fully saturated rings. The lowest BCUT2D eigenvalue weighted by atomic mass is 10.0. The Labute approximate surface area is 108 Å². The molecule has 1 aromatic heterocycles. The fourth-order valence-electron chi connectivity index (χ4n) is 1.62. The van der Waals surface area contributed by atoms with Gasteiger partial charge >= 0.3 is 6.36 Å². The number of rotatable bonds is 2. The highest BCUT2D eigenvalue weighted by atomic mass is 19.4. The summed E-state index contributed by atoms with van der Waals surface area (Å²) in [5.74, 6) is -0.255. The molecule has 0 amide bonds. The van der Waals surface area contributed by atoms with Crippen LogP contribution in [0.1, 0.15) is 11.1 Å². The summed E-state index contributed by atoms with van der Waals surface area (Å²) < 4.78 is 39.9. The van der Waals surface area contributed by atoms with Crippen LogP contribution >= 0.6 is 0 Å². The number of halogens is 3. The number of ether oxygens (including phenoxy) is 1. The third-order valence-corrected chi connectivity index (χ3v) is 2.72. The summed E-state index contributed by atoms with van der Waals surface area (Å²) in [6.07, 6.45) is -3.04. The number of aryl methyl sites for hydroxylation is 1. The highest BCUT2D eigenvalue weighted by Crippen LogP contribution is 2.27. The smallest absolute Gasteiger partial charge is 0.406 e. The summed E-state index contributed by atoms with van der Waals surface area (Å²) in [4.78, 5) is 0. The first kappa shape index (κ1) is 13.3. The van der Waals surface area contributed by atoms with E-state index in [1.807, 2.05) is 13.8 Å².